The van der Waals surface area contributed by atoms with E-state index in [1.54, 1.807) is 17.0 Å². The van der Waals surface area contributed by atoms with Crippen molar-refractivity contribution >= 4 is 23.2 Å². The molecule has 1 fully saturated rings. The van der Waals surface area contributed by atoms with Crippen LogP contribution in [0, 0.1) is 5.92 Å². The van der Waals surface area contributed by atoms with Gasteiger partial charge in [0, 0.05) is 19.7 Å². The summed E-state index contributed by atoms with van der Waals surface area (Å²) in [7, 11) is 3.36. The quantitative estimate of drug-likeness (QED) is 0.834. The van der Waals surface area contributed by atoms with Crippen LogP contribution in [0.15, 0.2) is 12.1 Å². The van der Waals surface area contributed by atoms with Crippen LogP contribution < -0.4 is 10.5 Å². The Kier molecular flexibility index (Phi) is 5.95. The number of amides is 1. The average Bonchev–Trinajstić information content (AvgIpc) is 2.55. The Hall–Kier alpha value is -1.42. The fourth-order valence-corrected chi connectivity index (χ4v) is 3.23. The van der Waals surface area contributed by atoms with Crippen LogP contribution in [-0.4, -0.2) is 31.5 Å². The number of halogens is 1. The van der Waals surface area contributed by atoms with Crippen molar-refractivity contribution in [2.24, 2.45) is 5.92 Å². The second kappa shape index (κ2) is 7.73. The number of carbonyl (C=O) groups is 1. The third-order valence-corrected chi connectivity index (χ3v) is 4.82. The maximum absolute atomic E-state index is 12.6. The van der Waals surface area contributed by atoms with E-state index in [0.717, 1.165) is 18.9 Å². The summed E-state index contributed by atoms with van der Waals surface area (Å²) in [5.74, 6) is 1.15. The molecular formula is C17H25ClN2O2. The molecule has 0 bridgehead atoms. The molecule has 0 radical (unpaired) electrons. The zero-order valence-corrected chi connectivity index (χ0v) is 14.2. The lowest BCUT2D eigenvalue weighted by atomic mass is 9.87. The highest BCUT2D eigenvalue weighted by Gasteiger charge is 2.20. The summed E-state index contributed by atoms with van der Waals surface area (Å²) >= 11 is 6.04. The van der Waals surface area contributed by atoms with Crippen LogP contribution in [0.2, 0.25) is 5.02 Å². The van der Waals surface area contributed by atoms with Gasteiger partial charge in [-0.15, -0.1) is 0 Å². The fourth-order valence-electron chi connectivity index (χ4n) is 3.06. The SMILES string of the molecule is COc1cc(N)c(Cl)cc1C(=O)N(C)CCC1CCCCC1. The molecule has 0 spiro atoms. The Balaban J connectivity index is 2.02. The Bertz CT molecular complexity index is 528. The molecule has 2 N–H and O–H groups in total. The lowest BCUT2D eigenvalue weighted by Gasteiger charge is -2.25. The molecule has 0 unspecified atom stereocenters. The van der Waals surface area contributed by atoms with E-state index in [-0.39, 0.29) is 5.91 Å². The van der Waals surface area contributed by atoms with Crippen molar-refractivity contribution in [3.05, 3.63) is 22.7 Å². The molecule has 22 heavy (non-hydrogen) atoms. The summed E-state index contributed by atoms with van der Waals surface area (Å²) in [5.41, 5.74) is 6.64. The van der Waals surface area contributed by atoms with E-state index < -0.39 is 0 Å². The minimum Gasteiger partial charge on any atom is -0.496 e. The maximum atomic E-state index is 12.6. The normalized spacial score (nSPS) is 15.6. The second-order valence-corrected chi connectivity index (χ2v) is 6.50. The number of benzene rings is 1. The Morgan fingerprint density at radius 2 is 2.05 bits per heavy atom. The van der Waals surface area contributed by atoms with Gasteiger partial charge in [-0.05, 0) is 18.4 Å². The summed E-state index contributed by atoms with van der Waals surface area (Å²) in [6.45, 7) is 0.759. The van der Waals surface area contributed by atoms with Crippen molar-refractivity contribution in [1.29, 1.82) is 0 Å². The van der Waals surface area contributed by atoms with Gasteiger partial charge in [0.15, 0.2) is 0 Å². The number of hydrogen-bond acceptors (Lipinski definition) is 3. The van der Waals surface area contributed by atoms with Gasteiger partial charge in [0.25, 0.3) is 5.91 Å². The average molecular weight is 325 g/mol. The Morgan fingerprint density at radius 3 is 2.68 bits per heavy atom. The summed E-state index contributed by atoms with van der Waals surface area (Å²) in [4.78, 5) is 14.4. The molecule has 1 aromatic carbocycles. The highest BCUT2D eigenvalue weighted by atomic mass is 35.5. The van der Waals surface area contributed by atoms with Gasteiger partial charge in [-0.1, -0.05) is 43.7 Å². The van der Waals surface area contributed by atoms with Gasteiger partial charge in [-0.25, -0.2) is 0 Å². The minimum atomic E-state index is -0.0745. The molecule has 1 amide bonds. The van der Waals surface area contributed by atoms with E-state index in [1.165, 1.54) is 39.2 Å². The smallest absolute Gasteiger partial charge is 0.257 e. The molecule has 1 aliphatic carbocycles. The third-order valence-electron chi connectivity index (χ3n) is 4.49. The monoisotopic (exact) mass is 324 g/mol. The van der Waals surface area contributed by atoms with Crippen molar-refractivity contribution in [2.45, 2.75) is 38.5 Å². The van der Waals surface area contributed by atoms with Crippen molar-refractivity contribution in [2.75, 3.05) is 26.4 Å². The molecular weight excluding hydrogens is 300 g/mol. The van der Waals surface area contributed by atoms with Crippen molar-refractivity contribution < 1.29 is 9.53 Å². The number of nitrogen functional groups attached to an aromatic ring is 1. The van der Waals surface area contributed by atoms with E-state index in [0.29, 0.717) is 22.0 Å². The van der Waals surface area contributed by atoms with Crippen LogP contribution in [0.3, 0.4) is 0 Å². The molecule has 0 aliphatic heterocycles. The first-order valence-corrected chi connectivity index (χ1v) is 8.29. The first kappa shape index (κ1) is 16.9. The first-order valence-electron chi connectivity index (χ1n) is 7.91. The highest BCUT2D eigenvalue weighted by molar-refractivity contribution is 6.33. The molecule has 122 valence electrons. The number of rotatable bonds is 5. The number of ether oxygens (including phenoxy) is 1. The molecule has 4 nitrogen and oxygen atoms in total. The number of methoxy groups -OCH3 is 1. The van der Waals surface area contributed by atoms with Crippen molar-refractivity contribution in [1.82, 2.24) is 4.90 Å². The lowest BCUT2D eigenvalue weighted by Crippen LogP contribution is -2.29. The maximum Gasteiger partial charge on any atom is 0.257 e. The van der Waals surface area contributed by atoms with Crippen LogP contribution in [-0.2, 0) is 0 Å². The molecule has 1 aromatic rings. The predicted molar refractivity (Wildman–Crippen MR) is 90.6 cm³/mol. The van der Waals surface area contributed by atoms with Gasteiger partial charge in [-0.3, -0.25) is 4.79 Å². The van der Waals surface area contributed by atoms with Gasteiger partial charge in [-0.2, -0.15) is 0 Å². The molecule has 2 rings (SSSR count). The largest absolute Gasteiger partial charge is 0.496 e. The molecule has 0 aromatic heterocycles. The van der Waals surface area contributed by atoms with Crippen LogP contribution in [0.25, 0.3) is 0 Å². The standard InChI is InChI=1S/C17H25ClN2O2/c1-20(9-8-12-6-4-3-5-7-12)17(21)13-10-14(18)15(19)11-16(13)22-2/h10-12H,3-9,19H2,1-2H3. The van der Waals surface area contributed by atoms with Gasteiger partial charge < -0.3 is 15.4 Å². The van der Waals surface area contributed by atoms with Gasteiger partial charge in [0.05, 0.1) is 23.4 Å². The number of anilines is 1. The number of carbonyl (C=O) groups excluding carboxylic acids is 1. The van der Waals surface area contributed by atoms with Crippen molar-refractivity contribution in [3.63, 3.8) is 0 Å². The van der Waals surface area contributed by atoms with E-state index in [4.69, 9.17) is 22.1 Å². The van der Waals surface area contributed by atoms with Crippen LogP contribution in [0.4, 0.5) is 5.69 Å². The third kappa shape index (κ3) is 4.07. The second-order valence-electron chi connectivity index (χ2n) is 6.09. The number of hydrogen-bond donors (Lipinski definition) is 1. The summed E-state index contributed by atoms with van der Waals surface area (Å²) in [5, 5.41) is 0.379. The zero-order valence-electron chi connectivity index (χ0n) is 13.4. The van der Waals surface area contributed by atoms with Crippen LogP contribution in [0.5, 0.6) is 5.75 Å². The molecule has 0 saturated heterocycles. The van der Waals surface area contributed by atoms with Gasteiger partial charge in [0.1, 0.15) is 5.75 Å². The Labute approximate surface area is 137 Å². The van der Waals surface area contributed by atoms with Gasteiger partial charge in [0.2, 0.25) is 0 Å². The molecule has 1 saturated carbocycles. The predicted octanol–water partition coefficient (Wildman–Crippen LogP) is 3.97. The van der Waals surface area contributed by atoms with E-state index >= 15 is 0 Å². The van der Waals surface area contributed by atoms with E-state index in [9.17, 15) is 4.79 Å². The number of nitrogens with zero attached hydrogens (tertiary/aromatic N) is 1. The van der Waals surface area contributed by atoms with Crippen LogP contribution in [0.1, 0.15) is 48.9 Å². The summed E-state index contributed by atoms with van der Waals surface area (Å²) in [6.07, 6.45) is 7.64. The summed E-state index contributed by atoms with van der Waals surface area (Å²) < 4.78 is 5.26. The molecule has 1 aliphatic rings. The molecule has 0 atom stereocenters. The molecule has 0 heterocycles. The Morgan fingerprint density at radius 1 is 1.36 bits per heavy atom. The van der Waals surface area contributed by atoms with Gasteiger partial charge >= 0.3 is 0 Å². The number of nitrogens with two attached hydrogens (primary N) is 1. The van der Waals surface area contributed by atoms with E-state index in [2.05, 4.69) is 0 Å². The lowest BCUT2D eigenvalue weighted by molar-refractivity contribution is 0.0780. The molecule has 5 heteroatoms. The zero-order chi connectivity index (χ0) is 16.1. The first-order chi connectivity index (χ1) is 10.5. The van der Waals surface area contributed by atoms with Crippen molar-refractivity contribution in [3.8, 4) is 5.75 Å². The topological polar surface area (TPSA) is 55.6 Å². The highest BCUT2D eigenvalue weighted by Crippen LogP contribution is 2.30. The van der Waals surface area contributed by atoms with Crippen LogP contribution >= 0.6 is 11.6 Å². The van der Waals surface area contributed by atoms with E-state index in [1.807, 2.05) is 7.05 Å². The fraction of sp³-hybridized carbons (Fsp3) is 0.588. The minimum absolute atomic E-state index is 0.0745. The summed E-state index contributed by atoms with van der Waals surface area (Å²) in [6, 6.07) is 3.19.